The monoisotopic (exact) mass is 241 g/mol. The second-order valence-corrected chi connectivity index (χ2v) is 6.42. The molecule has 1 aliphatic rings. The highest BCUT2D eigenvalue weighted by Crippen LogP contribution is 2.18. The summed E-state index contributed by atoms with van der Waals surface area (Å²) in [5.74, 6) is -0.140. The third-order valence-electron chi connectivity index (χ3n) is 2.69. The summed E-state index contributed by atoms with van der Waals surface area (Å²) in [7, 11) is -3.09. The molecule has 0 unspecified atom stereocenters. The van der Waals surface area contributed by atoms with E-state index in [1.54, 1.807) is 0 Å². The van der Waals surface area contributed by atoms with Crippen LogP contribution in [0.15, 0.2) is 24.3 Å². The van der Waals surface area contributed by atoms with Crippen LogP contribution in [0.5, 0.6) is 0 Å². The Morgan fingerprint density at radius 2 is 2.12 bits per heavy atom. The van der Waals surface area contributed by atoms with Gasteiger partial charge in [0.1, 0.15) is 0 Å². The summed E-state index contributed by atoms with van der Waals surface area (Å²) >= 11 is 0. The van der Waals surface area contributed by atoms with Gasteiger partial charge in [0.05, 0.1) is 23.7 Å². The van der Waals surface area contributed by atoms with Crippen LogP contribution in [0.4, 0.5) is 5.69 Å². The van der Waals surface area contributed by atoms with E-state index in [2.05, 4.69) is 5.32 Å². The van der Waals surface area contributed by atoms with Gasteiger partial charge in [-0.2, -0.15) is 0 Å². The summed E-state index contributed by atoms with van der Waals surface area (Å²) in [4.78, 5) is 0. The largest absolute Gasteiger partial charge is 0.390 e. The molecule has 16 heavy (non-hydrogen) atoms. The fourth-order valence-corrected chi connectivity index (χ4v) is 3.66. The minimum absolute atomic E-state index is 0.00209. The first kappa shape index (κ1) is 11.4. The molecule has 4 nitrogen and oxygen atoms in total. The van der Waals surface area contributed by atoms with Crippen LogP contribution in [0.25, 0.3) is 0 Å². The van der Waals surface area contributed by atoms with Gasteiger partial charge in [-0.15, -0.1) is 0 Å². The Bertz CT molecular complexity index is 484. The standard InChI is InChI=1S/C11H15NO3S/c1-8-3-2-4-9(5-8)12-10-6-16(14,15)7-11(10)13/h2-5,10-13H,6-7H2,1H3/t10-,11-/m0/s1. The molecule has 1 aromatic rings. The highest BCUT2D eigenvalue weighted by atomic mass is 32.2. The number of rotatable bonds is 2. The Balaban J connectivity index is 2.11. The van der Waals surface area contributed by atoms with Gasteiger partial charge in [0.25, 0.3) is 0 Å². The van der Waals surface area contributed by atoms with Gasteiger partial charge in [-0.25, -0.2) is 8.42 Å². The first-order chi connectivity index (χ1) is 7.46. The topological polar surface area (TPSA) is 66.4 Å². The fourth-order valence-electron chi connectivity index (χ4n) is 1.92. The maximum atomic E-state index is 11.3. The number of nitrogens with one attached hydrogen (secondary N) is 1. The van der Waals surface area contributed by atoms with Crippen molar-refractivity contribution in [2.75, 3.05) is 16.8 Å². The maximum absolute atomic E-state index is 11.3. The Hall–Kier alpha value is -1.07. The highest BCUT2D eigenvalue weighted by Gasteiger charge is 2.36. The minimum atomic E-state index is -3.09. The summed E-state index contributed by atoms with van der Waals surface area (Å²) in [5, 5.41) is 12.7. The average Bonchev–Trinajstić information content (AvgIpc) is 2.39. The van der Waals surface area contributed by atoms with Gasteiger partial charge in [-0.05, 0) is 24.6 Å². The third-order valence-corrected chi connectivity index (χ3v) is 4.41. The van der Waals surface area contributed by atoms with Gasteiger partial charge in [-0.1, -0.05) is 12.1 Å². The van der Waals surface area contributed by atoms with Crippen molar-refractivity contribution in [3.8, 4) is 0 Å². The number of aryl methyl sites for hydroxylation is 1. The van der Waals surface area contributed by atoms with Crippen molar-refractivity contribution in [1.29, 1.82) is 0 Å². The number of benzene rings is 1. The second kappa shape index (κ2) is 4.07. The molecular weight excluding hydrogens is 226 g/mol. The molecule has 0 aliphatic carbocycles. The molecule has 88 valence electrons. The molecule has 2 rings (SSSR count). The SMILES string of the molecule is Cc1cccc(N[C@H]2CS(=O)(=O)C[C@@H]2O)c1. The van der Waals surface area contributed by atoms with E-state index >= 15 is 0 Å². The maximum Gasteiger partial charge on any atom is 0.155 e. The second-order valence-electron chi connectivity index (χ2n) is 4.26. The van der Waals surface area contributed by atoms with Crippen LogP contribution in [0.2, 0.25) is 0 Å². The molecule has 2 atom stereocenters. The van der Waals surface area contributed by atoms with Crippen molar-refractivity contribution in [2.24, 2.45) is 0 Å². The lowest BCUT2D eigenvalue weighted by Crippen LogP contribution is -2.31. The molecule has 1 fully saturated rings. The quantitative estimate of drug-likeness (QED) is 0.794. The number of hydrogen-bond donors (Lipinski definition) is 2. The number of aliphatic hydroxyl groups excluding tert-OH is 1. The summed E-state index contributed by atoms with van der Waals surface area (Å²) in [6.45, 7) is 1.97. The van der Waals surface area contributed by atoms with E-state index in [-0.39, 0.29) is 11.5 Å². The van der Waals surface area contributed by atoms with Crippen LogP contribution in [-0.2, 0) is 9.84 Å². The van der Waals surface area contributed by atoms with Crippen LogP contribution >= 0.6 is 0 Å². The molecule has 2 N–H and O–H groups in total. The summed E-state index contributed by atoms with van der Waals surface area (Å²) in [5.41, 5.74) is 1.95. The molecule has 0 spiro atoms. The number of anilines is 1. The van der Waals surface area contributed by atoms with Crippen molar-refractivity contribution in [2.45, 2.75) is 19.1 Å². The molecule has 1 aliphatic heterocycles. The summed E-state index contributed by atoms with van der Waals surface area (Å²) in [6.07, 6.45) is -0.814. The molecule has 0 radical (unpaired) electrons. The van der Waals surface area contributed by atoms with Crippen LogP contribution < -0.4 is 5.32 Å². The van der Waals surface area contributed by atoms with E-state index in [4.69, 9.17) is 0 Å². The summed E-state index contributed by atoms with van der Waals surface area (Å²) in [6, 6.07) is 7.26. The van der Waals surface area contributed by atoms with Gasteiger partial charge in [0.2, 0.25) is 0 Å². The molecule has 0 bridgehead atoms. The van der Waals surface area contributed by atoms with Gasteiger partial charge >= 0.3 is 0 Å². The van der Waals surface area contributed by atoms with E-state index in [0.717, 1.165) is 11.3 Å². The lowest BCUT2D eigenvalue weighted by molar-refractivity contribution is 0.190. The van der Waals surface area contributed by atoms with Crippen molar-refractivity contribution in [3.05, 3.63) is 29.8 Å². The number of aliphatic hydroxyl groups is 1. The molecule has 1 heterocycles. The predicted octanol–water partition coefficient (Wildman–Crippen LogP) is 0.565. The van der Waals surface area contributed by atoms with Crippen molar-refractivity contribution in [1.82, 2.24) is 0 Å². The molecule has 5 heteroatoms. The zero-order chi connectivity index (χ0) is 11.8. The molecule has 0 amide bonds. The normalized spacial score (nSPS) is 27.9. The Morgan fingerprint density at radius 3 is 2.69 bits per heavy atom. The van der Waals surface area contributed by atoms with E-state index in [0.29, 0.717) is 0 Å². The van der Waals surface area contributed by atoms with E-state index < -0.39 is 22.0 Å². The predicted molar refractivity (Wildman–Crippen MR) is 63.3 cm³/mol. The first-order valence-corrected chi connectivity index (χ1v) is 7.00. The zero-order valence-corrected chi connectivity index (χ0v) is 9.87. The van der Waals surface area contributed by atoms with Crippen molar-refractivity contribution < 1.29 is 13.5 Å². The van der Waals surface area contributed by atoms with Gasteiger partial charge in [-0.3, -0.25) is 0 Å². The van der Waals surface area contributed by atoms with E-state index in [1.165, 1.54) is 0 Å². The Labute approximate surface area is 95.2 Å². The molecule has 1 aromatic carbocycles. The van der Waals surface area contributed by atoms with Crippen molar-refractivity contribution in [3.63, 3.8) is 0 Å². The Kier molecular flexibility index (Phi) is 2.90. The van der Waals surface area contributed by atoms with E-state index in [9.17, 15) is 13.5 Å². The van der Waals surface area contributed by atoms with Crippen LogP contribution in [-0.4, -0.2) is 37.2 Å². The molecule has 0 saturated carbocycles. The number of hydrogen-bond acceptors (Lipinski definition) is 4. The average molecular weight is 241 g/mol. The lowest BCUT2D eigenvalue weighted by atomic mass is 10.1. The lowest BCUT2D eigenvalue weighted by Gasteiger charge is -2.16. The number of sulfone groups is 1. The van der Waals surface area contributed by atoms with Crippen LogP contribution in [0, 0.1) is 6.92 Å². The minimum Gasteiger partial charge on any atom is -0.390 e. The zero-order valence-electron chi connectivity index (χ0n) is 9.05. The summed E-state index contributed by atoms with van der Waals surface area (Å²) < 4.78 is 22.6. The van der Waals surface area contributed by atoms with Crippen LogP contribution in [0.3, 0.4) is 0 Å². The van der Waals surface area contributed by atoms with Crippen molar-refractivity contribution >= 4 is 15.5 Å². The smallest absolute Gasteiger partial charge is 0.155 e. The van der Waals surface area contributed by atoms with Gasteiger partial charge < -0.3 is 10.4 Å². The first-order valence-electron chi connectivity index (χ1n) is 5.18. The van der Waals surface area contributed by atoms with Gasteiger partial charge in [0.15, 0.2) is 9.84 Å². The van der Waals surface area contributed by atoms with E-state index in [1.807, 2.05) is 31.2 Å². The molecular formula is C11H15NO3S. The molecule has 1 saturated heterocycles. The molecule has 0 aromatic heterocycles. The highest BCUT2D eigenvalue weighted by molar-refractivity contribution is 7.91. The third kappa shape index (κ3) is 2.54. The fraction of sp³-hybridized carbons (Fsp3) is 0.455. The van der Waals surface area contributed by atoms with Gasteiger partial charge in [0, 0.05) is 5.69 Å². The van der Waals surface area contributed by atoms with Crippen LogP contribution in [0.1, 0.15) is 5.56 Å². The Morgan fingerprint density at radius 1 is 1.38 bits per heavy atom.